The van der Waals surface area contributed by atoms with Crippen LogP contribution in [-0.4, -0.2) is 36.5 Å². The van der Waals surface area contributed by atoms with Crippen molar-refractivity contribution in [3.63, 3.8) is 0 Å². The van der Waals surface area contributed by atoms with Gasteiger partial charge < -0.3 is 14.5 Å². The number of benzene rings is 1. The second-order valence-electron chi connectivity index (χ2n) is 5.79. The Kier molecular flexibility index (Phi) is 7.52. The second kappa shape index (κ2) is 9.63. The molecule has 0 saturated carbocycles. The fourth-order valence-corrected chi connectivity index (χ4v) is 2.83. The van der Waals surface area contributed by atoms with E-state index < -0.39 is 0 Å². The molecular formula is C19H25BrN2O3. The lowest BCUT2D eigenvalue weighted by Gasteiger charge is -2.26. The summed E-state index contributed by atoms with van der Waals surface area (Å²) >= 11 is 3.38. The van der Waals surface area contributed by atoms with Gasteiger partial charge in [-0.1, -0.05) is 29.8 Å². The fourth-order valence-electron chi connectivity index (χ4n) is 2.57. The van der Waals surface area contributed by atoms with Crippen LogP contribution in [0.1, 0.15) is 37.1 Å². The predicted molar refractivity (Wildman–Crippen MR) is 102 cm³/mol. The zero-order valence-electron chi connectivity index (χ0n) is 14.9. The molecule has 0 fully saturated rings. The smallest absolute Gasteiger partial charge is 0.287 e. The Morgan fingerprint density at radius 1 is 1.20 bits per heavy atom. The second-order valence-corrected chi connectivity index (χ2v) is 6.70. The predicted octanol–water partition coefficient (Wildman–Crippen LogP) is 4.08. The van der Waals surface area contributed by atoms with Crippen molar-refractivity contribution in [2.24, 2.45) is 0 Å². The largest absolute Gasteiger partial charge is 0.486 e. The standard InChI is InChI=1S/C19H25BrN2O3/c1-4-22(5-2)14(3)12-21-19(23)18-11-10-17(25-18)13-24-16-8-6-15(20)7-9-16/h6-11,14H,4-5,12-13H2,1-3H3,(H,21,23). The van der Waals surface area contributed by atoms with Crippen molar-refractivity contribution in [1.82, 2.24) is 10.2 Å². The zero-order valence-corrected chi connectivity index (χ0v) is 16.5. The minimum absolute atomic E-state index is 0.200. The van der Waals surface area contributed by atoms with Gasteiger partial charge in [0.1, 0.15) is 18.1 Å². The summed E-state index contributed by atoms with van der Waals surface area (Å²) in [6.07, 6.45) is 0. The van der Waals surface area contributed by atoms with Crippen molar-refractivity contribution in [1.29, 1.82) is 0 Å². The van der Waals surface area contributed by atoms with E-state index in [-0.39, 0.29) is 18.6 Å². The molecule has 0 spiro atoms. The van der Waals surface area contributed by atoms with Gasteiger partial charge in [0, 0.05) is 17.1 Å². The molecule has 0 aliphatic rings. The molecule has 1 heterocycles. The fraction of sp³-hybridized carbons (Fsp3) is 0.421. The first-order chi connectivity index (χ1) is 12.0. The number of ether oxygens (including phenoxy) is 1. The number of amides is 1. The number of furan rings is 1. The molecule has 0 aliphatic heterocycles. The number of hydrogen-bond acceptors (Lipinski definition) is 4. The van der Waals surface area contributed by atoms with Gasteiger partial charge >= 0.3 is 0 Å². The Morgan fingerprint density at radius 3 is 2.52 bits per heavy atom. The highest BCUT2D eigenvalue weighted by atomic mass is 79.9. The average molecular weight is 409 g/mol. The van der Waals surface area contributed by atoms with E-state index in [4.69, 9.17) is 9.15 Å². The van der Waals surface area contributed by atoms with Gasteiger partial charge in [0.2, 0.25) is 0 Å². The van der Waals surface area contributed by atoms with E-state index >= 15 is 0 Å². The summed E-state index contributed by atoms with van der Waals surface area (Å²) < 4.78 is 12.2. The van der Waals surface area contributed by atoms with Crippen molar-refractivity contribution >= 4 is 21.8 Å². The molecule has 0 saturated heterocycles. The molecule has 25 heavy (non-hydrogen) atoms. The highest BCUT2D eigenvalue weighted by molar-refractivity contribution is 9.10. The monoisotopic (exact) mass is 408 g/mol. The van der Waals surface area contributed by atoms with Crippen molar-refractivity contribution in [2.75, 3.05) is 19.6 Å². The van der Waals surface area contributed by atoms with Crippen molar-refractivity contribution in [3.8, 4) is 5.75 Å². The number of carbonyl (C=O) groups excluding carboxylic acids is 1. The summed E-state index contributed by atoms with van der Waals surface area (Å²) in [5, 5.41) is 2.92. The summed E-state index contributed by atoms with van der Waals surface area (Å²) in [7, 11) is 0. The number of halogens is 1. The summed E-state index contributed by atoms with van der Waals surface area (Å²) in [5.41, 5.74) is 0. The normalized spacial score (nSPS) is 12.2. The number of likely N-dealkylation sites (N-methyl/N-ethyl adjacent to an activating group) is 1. The van der Waals surface area contributed by atoms with Crippen LogP contribution in [0.5, 0.6) is 5.75 Å². The van der Waals surface area contributed by atoms with Crippen LogP contribution in [0.4, 0.5) is 0 Å². The van der Waals surface area contributed by atoms with Gasteiger partial charge in [0.15, 0.2) is 5.76 Å². The summed E-state index contributed by atoms with van der Waals surface area (Å²) in [4.78, 5) is 14.5. The minimum Gasteiger partial charge on any atom is -0.486 e. The third kappa shape index (κ3) is 5.90. The average Bonchev–Trinajstić information content (AvgIpc) is 3.09. The number of nitrogens with zero attached hydrogens (tertiary/aromatic N) is 1. The first-order valence-electron chi connectivity index (χ1n) is 8.52. The van der Waals surface area contributed by atoms with Gasteiger partial charge in [0.05, 0.1) is 0 Å². The van der Waals surface area contributed by atoms with Crippen molar-refractivity contribution in [2.45, 2.75) is 33.4 Å². The number of hydrogen-bond donors (Lipinski definition) is 1. The SMILES string of the molecule is CCN(CC)C(C)CNC(=O)c1ccc(COc2ccc(Br)cc2)o1. The van der Waals surface area contributed by atoms with Crippen LogP contribution >= 0.6 is 15.9 Å². The maximum atomic E-state index is 12.2. The Bertz CT molecular complexity index is 666. The molecule has 1 N–H and O–H groups in total. The first-order valence-corrected chi connectivity index (χ1v) is 9.32. The topological polar surface area (TPSA) is 54.7 Å². The molecule has 2 aromatic rings. The number of nitrogens with one attached hydrogen (secondary N) is 1. The van der Waals surface area contributed by atoms with Crippen molar-refractivity contribution in [3.05, 3.63) is 52.4 Å². The Labute approximate surface area is 157 Å². The van der Waals surface area contributed by atoms with Crippen LogP contribution in [0, 0.1) is 0 Å². The van der Waals surface area contributed by atoms with Gasteiger partial charge in [0.25, 0.3) is 5.91 Å². The van der Waals surface area contributed by atoms with Crippen molar-refractivity contribution < 1.29 is 13.9 Å². The third-order valence-electron chi connectivity index (χ3n) is 4.07. The van der Waals surface area contributed by atoms with Gasteiger partial charge in [-0.25, -0.2) is 0 Å². The van der Waals surface area contributed by atoms with Crippen LogP contribution in [-0.2, 0) is 6.61 Å². The minimum atomic E-state index is -0.200. The van der Waals surface area contributed by atoms with E-state index in [1.165, 1.54) is 0 Å². The molecule has 136 valence electrons. The molecule has 5 nitrogen and oxygen atoms in total. The Hall–Kier alpha value is -1.79. The zero-order chi connectivity index (χ0) is 18.2. The van der Waals surface area contributed by atoms with Gasteiger partial charge in [-0.15, -0.1) is 0 Å². The summed E-state index contributed by atoms with van der Waals surface area (Å²) in [5.74, 6) is 1.47. The molecular weight excluding hydrogens is 384 g/mol. The molecule has 0 radical (unpaired) electrons. The lowest BCUT2D eigenvalue weighted by Crippen LogP contribution is -2.41. The van der Waals surface area contributed by atoms with Crippen LogP contribution in [0.25, 0.3) is 0 Å². The summed E-state index contributed by atoms with van der Waals surface area (Å²) in [6, 6.07) is 11.3. The van der Waals surface area contributed by atoms with E-state index in [1.54, 1.807) is 12.1 Å². The molecule has 6 heteroatoms. The molecule has 2 rings (SSSR count). The molecule has 1 aromatic carbocycles. The third-order valence-corrected chi connectivity index (χ3v) is 4.60. The van der Waals surface area contributed by atoms with E-state index in [0.29, 0.717) is 18.1 Å². The number of rotatable bonds is 9. The van der Waals surface area contributed by atoms with Crippen LogP contribution < -0.4 is 10.1 Å². The highest BCUT2D eigenvalue weighted by Gasteiger charge is 2.15. The van der Waals surface area contributed by atoms with Gasteiger partial charge in [-0.2, -0.15) is 0 Å². The molecule has 1 amide bonds. The van der Waals surface area contributed by atoms with Crippen LogP contribution in [0.15, 0.2) is 45.3 Å². The lowest BCUT2D eigenvalue weighted by atomic mass is 10.2. The number of carbonyl (C=O) groups is 1. The molecule has 1 atom stereocenters. The molecule has 1 aromatic heterocycles. The van der Waals surface area contributed by atoms with E-state index in [2.05, 4.69) is 46.9 Å². The maximum Gasteiger partial charge on any atom is 0.287 e. The maximum absolute atomic E-state index is 12.2. The quantitative estimate of drug-likeness (QED) is 0.678. The summed E-state index contributed by atoms with van der Waals surface area (Å²) in [6.45, 7) is 9.14. The van der Waals surface area contributed by atoms with Crippen LogP contribution in [0.2, 0.25) is 0 Å². The van der Waals surface area contributed by atoms with E-state index in [9.17, 15) is 4.79 Å². The molecule has 0 bridgehead atoms. The Balaban J connectivity index is 1.83. The molecule has 1 unspecified atom stereocenters. The Morgan fingerprint density at radius 2 is 1.88 bits per heavy atom. The van der Waals surface area contributed by atoms with Gasteiger partial charge in [-0.3, -0.25) is 9.69 Å². The lowest BCUT2D eigenvalue weighted by molar-refractivity contribution is 0.0906. The highest BCUT2D eigenvalue weighted by Crippen LogP contribution is 2.18. The first kappa shape index (κ1) is 19.5. The van der Waals surface area contributed by atoms with Crippen LogP contribution in [0.3, 0.4) is 0 Å². The van der Waals surface area contributed by atoms with Gasteiger partial charge in [-0.05, 0) is 56.4 Å². The van der Waals surface area contributed by atoms with E-state index in [0.717, 1.165) is 23.3 Å². The molecule has 0 aliphatic carbocycles. The van der Waals surface area contributed by atoms with E-state index in [1.807, 2.05) is 24.3 Å².